The van der Waals surface area contributed by atoms with Gasteiger partial charge in [-0.1, -0.05) is 6.92 Å². The molecule has 0 aliphatic carbocycles. The lowest BCUT2D eigenvalue weighted by Crippen LogP contribution is -2.32. The Kier molecular flexibility index (Phi) is 7.18. The van der Waals surface area contributed by atoms with Crippen LogP contribution in [0, 0.1) is 5.92 Å². The van der Waals surface area contributed by atoms with Crippen LogP contribution in [0.25, 0.3) is 0 Å². The molecule has 5 nitrogen and oxygen atoms in total. The van der Waals surface area contributed by atoms with Crippen LogP contribution < -0.4 is 9.04 Å². The summed E-state index contributed by atoms with van der Waals surface area (Å²) in [6.07, 6.45) is 5.18. The van der Waals surface area contributed by atoms with Crippen LogP contribution in [-0.2, 0) is 24.2 Å². The van der Waals surface area contributed by atoms with Crippen molar-refractivity contribution in [3.05, 3.63) is 47.3 Å². The second-order valence-electron chi connectivity index (χ2n) is 8.22. The summed E-state index contributed by atoms with van der Waals surface area (Å²) in [7, 11) is 0. The molecule has 4 rings (SSSR count). The van der Waals surface area contributed by atoms with Crippen LogP contribution in [0.1, 0.15) is 50.1 Å². The fraction of sp³-hybridized carbons (Fsp3) is 0.542. The lowest BCUT2D eigenvalue weighted by Gasteiger charge is -2.35. The monoisotopic (exact) mass is 428 g/mol. The molecule has 1 N–H and O–H groups in total. The number of hydrogen-bond donors (Lipinski definition) is 1. The van der Waals surface area contributed by atoms with Gasteiger partial charge in [0.05, 0.1) is 24.6 Å². The molecular weight excluding hydrogens is 396 g/mol. The van der Waals surface area contributed by atoms with E-state index in [1.807, 2.05) is 6.07 Å². The van der Waals surface area contributed by atoms with Crippen molar-refractivity contribution in [3.8, 4) is 5.75 Å². The van der Waals surface area contributed by atoms with Crippen LogP contribution in [-0.4, -0.2) is 36.0 Å². The van der Waals surface area contributed by atoms with Crippen LogP contribution in [0.5, 0.6) is 5.75 Å². The summed E-state index contributed by atoms with van der Waals surface area (Å²) < 4.78 is 13.9. The molecule has 0 radical (unpaired) electrons. The summed E-state index contributed by atoms with van der Waals surface area (Å²) in [4.78, 5) is 5.96. The molecule has 1 aromatic heterocycles. The average Bonchev–Trinajstić information content (AvgIpc) is 2.80. The molecule has 0 saturated carbocycles. The molecule has 3 heterocycles. The Labute approximate surface area is 183 Å². The average molecular weight is 429 g/mol. The Hall–Kier alpha value is -1.76. The normalized spacial score (nSPS) is 19.6. The highest BCUT2D eigenvalue weighted by atomic mass is 32.2. The Balaban J connectivity index is 1.48. The molecule has 30 heavy (non-hydrogen) atoms. The Morgan fingerprint density at radius 3 is 2.80 bits per heavy atom. The predicted octanol–water partition coefficient (Wildman–Crippen LogP) is 4.79. The van der Waals surface area contributed by atoms with Crippen molar-refractivity contribution in [2.24, 2.45) is 5.92 Å². The first-order chi connectivity index (χ1) is 14.7. The van der Waals surface area contributed by atoms with Crippen molar-refractivity contribution in [1.82, 2.24) is 4.98 Å². The summed E-state index contributed by atoms with van der Waals surface area (Å²) in [5.41, 5.74) is 4.40. The van der Waals surface area contributed by atoms with E-state index in [9.17, 15) is 5.11 Å². The van der Waals surface area contributed by atoms with Gasteiger partial charge in [0.1, 0.15) is 5.75 Å². The Morgan fingerprint density at radius 1 is 1.20 bits per heavy atom. The van der Waals surface area contributed by atoms with Gasteiger partial charge in [-0.25, -0.2) is 0 Å². The number of hydrogen-bond acceptors (Lipinski definition) is 6. The van der Waals surface area contributed by atoms with Gasteiger partial charge in [-0.2, -0.15) is 0 Å². The van der Waals surface area contributed by atoms with E-state index in [1.54, 1.807) is 11.9 Å². The molecule has 162 valence electrons. The number of anilines is 1. The smallest absolute Gasteiger partial charge is 0.124 e. The van der Waals surface area contributed by atoms with Gasteiger partial charge in [-0.05, 0) is 87.2 Å². The minimum atomic E-state index is -0.0228. The zero-order valence-corrected chi connectivity index (χ0v) is 18.8. The SMILES string of the molecule is CCc1ccc2c(n1)CCC(C)N2Sc1ccc(OCC2CCOCC2)c(CO)c1. The molecule has 1 unspecified atom stereocenters. The summed E-state index contributed by atoms with van der Waals surface area (Å²) in [6.45, 7) is 6.72. The number of aliphatic hydroxyl groups excluding tert-OH is 1. The van der Waals surface area contributed by atoms with Gasteiger partial charge in [-0.15, -0.1) is 0 Å². The fourth-order valence-corrected chi connectivity index (χ4v) is 5.17. The van der Waals surface area contributed by atoms with Gasteiger partial charge < -0.3 is 18.9 Å². The van der Waals surface area contributed by atoms with Crippen LogP contribution in [0.15, 0.2) is 35.2 Å². The lowest BCUT2D eigenvalue weighted by molar-refractivity contribution is 0.0494. The minimum absolute atomic E-state index is 0.0228. The maximum absolute atomic E-state index is 9.92. The van der Waals surface area contributed by atoms with E-state index < -0.39 is 0 Å². The molecule has 0 bridgehead atoms. The van der Waals surface area contributed by atoms with E-state index in [1.165, 1.54) is 11.4 Å². The third kappa shape index (κ3) is 4.93. The van der Waals surface area contributed by atoms with E-state index in [0.717, 1.165) is 67.2 Å². The second kappa shape index (κ2) is 10.0. The van der Waals surface area contributed by atoms with E-state index in [-0.39, 0.29) is 6.61 Å². The highest BCUT2D eigenvalue weighted by Gasteiger charge is 2.25. The Bertz CT molecular complexity index is 854. The number of nitrogens with zero attached hydrogens (tertiary/aromatic N) is 2. The van der Waals surface area contributed by atoms with Crippen LogP contribution in [0.3, 0.4) is 0 Å². The molecule has 0 amide bonds. The van der Waals surface area contributed by atoms with E-state index >= 15 is 0 Å². The van der Waals surface area contributed by atoms with Crippen LogP contribution >= 0.6 is 11.9 Å². The summed E-state index contributed by atoms with van der Waals surface area (Å²) >= 11 is 1.72. The van der Waals surface area contributed by atoms with Gasteiger partial charge in [-0.3, -0.25) is 4.98 Å². The first kappa shape index (κ1) is 21.5. The topological polar surface area (TPSA) is 54.8 Å². The number of benzene rings is 1. The Morgan fingerprint density at radius 2 is 2.03 bits per heavy atom. The molecule has 2 aliphatic heterocycles. The number of pyridine rings is 1. The van der Waals surface area contributed by atoms with Crippen molar-refractivity contribution in [3.63, 3.8) is 0 Å². The van der Waals surface area contributed by atoms with E-state index in [4.69, 9.17) is 14.5 Å². The fourth-order valence-electron chi connectivity index (χ4n) is 4.07. The zero-order valence-electron chi connectivity index (χ0n) is 18.0. The van der Waals surface area contributed by atoms with Crippen LogP contribution in [0.2, 0.25) is 0 Å². The van der Waals surface area contributed by atoms with Crippen LogP contribution in [0.4, 0.5) is 5.69 Å². The predicted molar refractivity (Wildman–Crippen MR) is 121 cm³/mol. The first-order valence-corrected chi connectivity index (χ1v) is 11.9. The van der Waals surface area contributed by atoms with Gasteiger partial charge in [0.25, 0.3) is 0 Å². The largest absolute Gasteiger partial charge is 0.493 e. The number of fused-ring (bicyclic) bond motifs is 1. The number of ether oxygens (including phenoxy) is 2. The molecular formula is C24H32N2O3S. The summed E-state index contributed by atoms with van der Waals surface area (Å²) in [5, 5.41) is 9.92. The summed E-state index contributed by atoms with van der Waals surface area (Å²) in [6, 6.07) is 10.9. The zero-order chi connectivity index (χ0) is 20.9. The quantitative estimate of drug-likeness (QED) is 0.640. The van der Waals surface area contributed by atoms with Crippen molar-refractivity contribution >= 4 is 17.6 Å². The van der Waals surface area contributed by atoms with Gasteiger partial charge in [0.15, 0.2) is 0 Å². The summed E-state index contributed by atoms with van der Waals surface area (Å²) in [5.74, 6) is 1.32. The third-order valence-electron chi connectivity index (χ3n) is 6.03. The number of aliphatic hydroxyl groups is 1. The number of aromatic nitrogens is 1. The standard InChI is InChI=1S/C24H32N2O3S/c1-3-20-5-8-23-22(25-20)7-4-17(2)26(23)30-21-6-9-24(19(14-21)15-27)29-16-18-10-12-28-13-11-18/h5-6,8-9,14,17-18,27H,3-4,7,10-13,15-16H2,1-2H3. The molecule has 2 aliphatic rings. The molecule has 1 atom stereocenters. The number of rotatable bonds is 7. The third-order valence-corrected chi connectivity index (χ3v) is 7.25. The van der Waals surface area contributed by atoms with Gasteiger partial charge in [0, 0.05) is 35.4 Å². The van der Waals surface area contributed by atoms with Crippen molar-refractivity contribution < 1.29 is 14.6 Å². The highest BCUT2D eigenvalue weighted by Crippen LogP contribution is 2.39. The van der Waals surface area contributed by atoms with Gasteiger partial charge >= 0.3 is 0 Å². The van der Waals surface area contributed by atoms with Gasteiger partial charge in [0.2, 0.25) is 0 Å². The molecule has 1 aromatic carbocycles. The molecule has 1 saturated heterocycles. The van der Waals surface area contributed by atoms with Crippen molar-refractivity contribution in [2.75, 3.05) is 24.1 Å². The maximum atomic E-state index is 9.92. The molecule has 1 fully saturated rings. The number of aryl methyl sites for hydroxylation is 2. The second-order valence-corrected chi connectivity index (χ2v) is 9.27. The van der Waals surface area contributed by atoms with E-state index in [2.05, 4.69) is 42.4 Å². The lowest BCUT2D eigenvalue weighted by atomic mass is 10.0. The first-order valence-electron chi connectivity index (χ1n) is 11.1. The molecule has 2 aromatic rings. The van der Waals surface area contributed by atoms with Crippen molar-refractivity contribution in [2.45, 2.75) is 63.5 Å². The maximum Gasteiger partial charge on any atom is 0.124 e. The molecule has 0 spiro atoms. The minimum Gasteiger partial charge on any atom is -0.493 e. The highest BCUT2D eigenvalue weighted by molar-refractivity contribution is 8.00. The van der Waals surface area contributed by atoms with Crippen molar-refractivity contribution in [1.29, 1.82) is 0 Å². The molecule has 6 heteroatoms. The van der Waals surface area contributed by atoms with E-state index in [0.29, 0.717) is 18.6 Å².